The maximum Gasteiger partial charge on any atom is 0.227 e. The van der Waals surface area contributed by atoms with Gasteiger partial charge in [0, 0.05) is 48.8 Å². The van der Waals surface area contributed by atoms with Crippen LogP contribution in [0.5, 0.6) is 0 Å². The van der Waals surface area contributed by atoms with Crippen molar-refractivity contribution in [2.45, 2.75) is 59.3 Å². The second kappa shape index (κ2) is 12.6. The Bertz CT molecular complexity index is 1480. The van der Waals surface area contributed by atoms with Crippen LogP contribution in [-0.4, -0.2) is 41.2 Å². The van der Waals surface area contributed by atoms with Crippen LogP contribution in [0.3, 0.4) is 0 Å². The summed E-state index contributed by atoms with van der Waals surface area (Å²) in [5.74, 6) is 1.85. The minimum Gasteiger partial charge on any atom is -0.362 e. The van der Waals surface area contributed by atoms with Crippen LogP contribution in [0.2, 0.25) is 0 Å². The molecule has 1 aromatic heterocycles. The van der Waals surface area contributed by atoms with E-state index in [9.17, 15) is 4.79 Å². The van der Waals surface area contributed by atoms with Gasteiger partial charge < -0.3 is 14.6 Å². The molecule has 5 rings (SSSR count). The molecule has 2 aromatic carbocycles. The van der Waals surface area contributed by atoms with Gasteiger partial charge in [-0.3, -0.25) is 4.79 Å². The van der Waals surface area contributed by atoms with Crippen molar-refractivity contribution in [3.63, 3.8) is 0 Å². The normalized spacial score (nSPS) is 17.4. The fraction of sp³-hybridized carbons (Fsp3) is 0.438. The zero-order valence-electron chi connectivity index (χ0n) is 24.2. The van der Waals surface area contributed by atoms with E-state index in [1.807, 2.05) is 30.0 Å². The Balaban J connectivity index is 1.35. The minimum atomic E-state index is -0.333. The van der Waals surface area contributed by atoms with Crippen LogP contribution in [0.25, 0.3) is 22.0 Å². The van der Waals surface area contributed by atoms with Gasteiger partial charge in [-0.2, -0.15) is 0 Å². The third kappa shape index (κ3) is 6.28. The smallest absolute Gasteiger partial charge is 0.227 e. The van der Waals surface area contributed by atoms with E-state index in [4.69, 9.17) is 4.84 Å². The molecule has 0 spiro atoms. The van der Waals surface area contributed by atoms with E-state index in [0.717, 1.165) is 79.8 Å². The number of hydrogen-bond acceptors (Lipinski definition) is 6. The van der Waals surface area contributed by atoms with Crippen molar-refractivity contribution in [1.29, 1.82) is 0 Å². The van der Waals surface area contributed by atoms with Crippen LogP contribution in [0.1, 0.15) is 59.3 Å². The van der Waals surface area contributed by atoms with Gasteiger partial charge in [0.05, 0.1) is 16.9 Å². The molecule has 7 nitrogen and oxygen atoms in total. The number of oxime groups is 1. The van der Waals surface area contributed by atoms with E-state index < -0.39 is 0 Å². The first-order chi connectivity index (χ1) is 19.8. The number of hydrogen-bond donors (Lipinski definition) is 0. The van der Waals surface area contributed by atoms with E-state index in [2.05, 4.69) is 49.7 Å². The monoisotopic (exact) mass is 575 g/mol. The lowest BCUT2D eigenvalue weighted by molar-refractivity contribution is -0.117. The number of amides is 1. The van der Waals surface area contributed by atoms with Gasteiger partial charge in [-0.25, -0.2) is 14.4 Å². The van der Waals surface area contributed by atoms with E-state index in [1.165, 1.54) is 12.1 Å². The molecule has 3 heterocycles. The molecule has 3 aromatic rings. The SMILES string of the molecule is C=C(O/N=C(\C)C1CCN(c2ncnc3c(-c4ccc(N5CCCC5=O)c(P)c4)cc(F)cc23)CC1)C(C)CCC. The minimum absolute atomic E-state index is 0.139. The molecule has 2 aliphatic heterocycles. The first kappa shape index (κ1) is 29.1. The second-order valence-corrected chi connectivity index (χ2v) is 11.8. The molecule has 2 fully saturated rings. The van der Waals surface area contributed by atoms with Crippen molar-refractivity contribution < 1.29 is 14.0 Å². The number of aromatic nitrogens is 2. The van der Waals surface area contributed by atoms with Crippen molar-refractivity contribution in [2.24, 2.45) is 17.0 Å². The Labute approximate surface area is 244 Å². The van der Waals surface area contributed by atoms with Gasteiger partial charge in [0.15, 0.2) is 0 Å². The lowest BCUT2D eigenvalue weighted by Gasteiger charge is -2.33. The standard InChI is InChI=1S/C32H39FN5O2P/c1-5-7-20(2)22(4)40-36-21(3)23-11-14-37(15-12-23)32-27-18-25(33)17-26(31(27)34-19-35-32)24-9-10-28(29(41)16-24)38-13-6-8-30(38)39/h9-10,16-20,23H,4-8,11-15,41H2,1-3H3/b36-21+. The highest BCUT2D eigenvalue weighted by Gasteiger charge is 2.26. The molecule has 2 aliphatic rings. The summed E-state index contributed by atoms with van der Waals surface area (Å²) < 4.78 is 15.1. The van der Waals surface area contributed by atoms with E-state index in [1.54, 1.807) is 6.33 Å². The first-order valence-electron chi connectivity index (χ1n) is 14.6. The van der Waals surface area contributed by atoms with E-state index >= 15 is 4.39 Å². The molecule has 9 heteroatoms. The van der Waals surface area contributed by atoms with Crippen LogP contribution >= 0.6 is 9.24 Å². The number of fused-ring (bicyclic) bond motifs is 1. The number of carbonyl (C=O) groups is 1. The second-order valence-electron chi connectivity index (χ2n) is 11.2. The summed E-state index contributed by atoms with van der Waals surface area (Å²) in [7, 11) is 2.73. The molecule has 2 saturated heterocycles. The average molecular weight is 576 g/mol. The summed E-state index contributed by atoms with van der Waals surface area (Å²) in [6.07, 6.45) is 6.92. The fourth-order valence-electron chi connectivity index (χ4n) is 5.86. The van der Waals surface area contributed by atoms with Crippen molar-refractivity contribution >= 4 is 48.6 Å². The molecule has 0 aliphatic carbocycles. The molecule has 2 atom stereocenters. The molecule has 0 bridgehead atoms. The third-order valence-corrected chi connectivity index (χ3v) is 8.81. The summed E-state index contributed by atoms with van der Waals surface area (Å²) in [5, 5.41) is 5.99. The van der Waals surface area contributed by atoms with Crippen LogP contribution in [-0.2, 0) is 9.63 Å². The Hall–Kier alpha value is -3.38. The molecule has 2 unspecified atom stereocenters. The van der Waals surface area contributed by atoms with Crippen LogP contribution in [0.4, 0.5) is 15.9 Å². The number of piperidine rings is 1. The quantitative estimate of drug-likeness (QED) is 0.124. The summed E-state index contributed by atoms with van der Waals surface area (Å²) >= 11 is 0. The fourth-order valence-corrected chi connectivity index (χ4v) is 6.29. The number of halogens is 1. The maximum absolute atomic E-state index is 15.1. The highest BCUT2D eigenvalue weighted by molar-refractivity contribution is 7.28. The molecule has 0 radical (unpaired) electrons. The third-order valence-electron chi connectivity index (χ3n) is 8.35. The molecule has 216 valence electrons. The molecule has 41 heavy (non-hydrogen) atoms. The summed E-state index contributed by atoms with van der Waals surface area (Å²) in [6, 6.07) is 8.92. The van der Waals surface area contributed by atoms with Gasteiger partial charge in [0.25, 0.3) is 0 Å². The number of rotatable bonds is 9. The molecule has 0 N–H and O–H groups in total. The zero-order valence-corrected chi connectivity index (χ0v) is 25.4. The lowest BCUT2D eigenvalue weighted by Crippen LogP contribution is -2.36. The Morgan fingerprint density at radius 1 is 1.22 bits per heavy atom. The van der Waals surface area contributed by atoms with Crippen LogP contribution in [0.15, 0.2) is 54.2 Å². The molecular formula is C32H39FN5O2P. The van der Waals surface area contributed by atoms with Gasteiger partial charge in [0.1, 0.15) is 23.7 Å². The van der Waals surface area contributed by atoms with Crippen molar-refractivity contribution in [3.8, 4) is 11.1 Å². The maximum atomic E-state index is 15.1. The topological polar surface area (TPSA) is 70.9 Å². The molecular weight excluding hydrogens is 536 g/mol. The average Bonchev–Trinajstić information content (AvgIpc) is 3.40. The van der Waals surface area contributed by atoms with Crippen molar-refractivity contribution in [3.05, 3.63) is 54.8 Å². The Morgan fingerprint density at radius 3 is 2.68 bits per heavy atom. The predicted molar refractivity (Wildman–Crippen MR) is 168 cm³/mol. The predicted octanol–water partition coefficient (Wildman–Crippen LogP) is 6.62. The number of nitrogens with zero attached hydrogens (tertiary/aromatic N) is 5. The zero-order chi connectivity index (χ0) is 29.1. The van der Waals surface area contributed by atoms with Gasteiger partial charge in [-0.1, -0.05) is 38.1 Å². The number of anilines is 2. The van der Waals surface area contributed by atoms with E-state index in [-0.39, 0.29) is 17.6 Å². The van der Waals surface area contributed by atoms with Gasteiger partial charge in [0.2, 0.25) is 5.91 Å². The largest absolute Gasteiger partial charge is 0.362 e. The summed E-state index contributed by atoms with van der Waals surface area (Å²) in [5.41, 5.74) is 4.12. The number of carbonyl (C=O) groups excluding carboxylic acids is 1. The number of benzene rings is 2. The van der Waals surface area contributed by atoms with Crippen molar-refractivity contribution in [2.75, 3.05) is 29.4 Å². The highest BCUT2D eigenvalue weighted by Crippen LogP contribution is 2.35. The molecule has 0 saturated carbocycles. The highest BCUT2D eigenvalue weighted by atomic mass is 31.0. The van der Waals surface area contributed by atoms with Gasteiger partial charge in [-0.15, -0.1) is 9.24 Å². The Kier molecular flexibility index (Phi) is 8.98. The summed E-state index contributed by atoms with van der Waals surface area (Å²) in [4.78, 5) is 31.2. The van der Waals surface area contributed by atoms with Crippen LogP contribution < -0.4 is 15.1 Å². The Morgan fingerprint density at radius 2 is 2.00 bits per heavy atom. The number of allylic oxidation sites excluding steroid dienone is 1. The summed E-state index contributed by atoms with van der Waals surface area (Å²) in [6.45, 7) is 12.6. The van der Waals surface area contributed by atoms with Crippen molar-refractivity contribution in [1.82, 2.24) is 9.97 Å². The van der Waals surface area contributed by atoms with E-state index in [0.29, 0.717) is 34.6 Å². The first-order valence-corrected chi connectivity index (χ1v) is 15.1. The van der Waals surface area contributed by atoms with Gasteiger partial charge >= 0.3 is 0 Å². The lowest BCUT2D eigenvalue weighted by atomic mass is 9.92. The van der Waals surface area contributed by atoms with Crippen LogP contribution in [0, 0.1) is 17.7 Å². The molecule has 1 amide bonds. The van der Waals surface area contributed by atoms with Gasteiger partial charge in [-0.05, 0) is 67.7 Å².